The van der Waals surface area contributed by atoms with Crippen LogP contribution < -0.4 is 5.43 Å². The van der Waals surface area contributed by atoms with E-state index in [1.807, 2.05) is 18.9 Å². The summed E-state index contributed by atoms with van der Waals surface area (Å²) in [6, 6.07) is 0. The van der Waals surface area contributed by atoms with Crippen LogP contribution in [-0.2, 0) is 0 Å². The molecule has 1 aromatic rings. The number of nitrogens with zero attached hydrogens (tertiary/aromatic N) is 3. The van der Waals surface area contributed by atoms with Crippen molar-refractivity contribution in [3.8, 4) is 0 Å². The zero-order valence-corrected chi connectivity index (χ0v) is 13.4. The van der Waals surface area contributed by atoms with Gasteiger partial charge in [-0.3, -0.25) is 10.2 Å². The number of aryl methyl sites for hydroxylation is 1. The molecule has 0 bridgehead atoms. The lowest BCUT2D eigenvalue weighted by Gasteiger charge is -2.26. The fourth-order valence-electron chi connectivity index (χ4n) is 3.20. The number of hydrogen-bond acceptors (Lipinski definition) is 3. The van der Waals surface area contributed by atoms with E-state index in [1.165, 1.54) is 6.42 Å². The van der Waals surface area contributed by atoms with Gasteiger partial charge >= 0.3 is 0 Å². The van der Waals surface area contributed by atoms with Crippen LogP contribution in [0.15, 0.2) is 18.2 Å². The Labute approximate surface area is 131 Å². The van der Waals surface area contributed by atoms with Gasteiger partial charge in [-0.1, -0.05) is 18.6 Å². The lowest BCUT2D eigenvalue weighted by Crippen LogP contribution is -2.45. The average molecular weight is 300 g/mol. The molecule has 1 saturated heterocycles. The highest BCUT2D eigenvalue weighted by atomic mass is 16.2. The minimum absolute atomic E-state index is 0.0957. The van der Waals surface area contributed by atoms with E-state index in [4.69, 9.17) is 0 Å². The largest absolute Gasteiger partial charge is 0.301 e. The van der Waals surface area contributed by atoms with E-state index < -0.39 is 0 Å². The first-order valence-corrected chi connectivity index (χ1v) is 8.16. The Morgan fingerprint density at radius 3 is 2.64 bits per heavy atom. The second-order valence-corrected chi connectivity index (χ2v) is 6.03. The van der Waals surface area contributed by atoms with E-state index >= 15 is 0 Å². The Hall–Kier alpha value is -1.88. The standard InChI is InChI=1S/C17H24N4O/c1-13-16(17(22)19-20-11-7-4-8-12-20)18-14(2)21(13)15-9-5-3-6-10-15/h5,9-10H,3-4,6-8,11-12H2,1-2H3,(H,19,22). The van der Waals surface area contributed by atoms with Crippen molar-refractivity contribution in [1.82, 2.24) is 20.0 Å². The molecule has 0 aromatic carbocycles. The van der Waals surface area contributed by atoms with Crippen molar-refractivity contribution in [3.05, 3.63) is 35.4 Å². The van der Waals surface area contributed by atoms with Gasteiger partial charge in [0.15, 0.2) is 5.69 Å². The highest BCUT2D eigenvalue weighted by Crippen LogP contribution is 2.21. The summed E-state index contributed by atoms with van der Waals surface area (Å²) in [5.41, 5.74) is 5.55. The molecule has 0 saturated carbocycles. The molecule has 1 aliphatic heterocycles. The topological polar surface area (TPSA) is 50.2 Å². The summed E-state index contributed by atoms with van der Waals surface area (Å²) in [7, 11) is 0. The van der Waals surface area contributed by atoms with Gasteiger partial charge in [-0.15, -0.1) is 0 Å². The molecular formula is C17H24N4O. The Morgan fingerprint density at radius 1 is 1.18 bits per heavy atom. The van der Waals surface area contributed by atoms with Crippen LogP contribution in [0.5, 0.6) is 0 Å². The number of allylic oxidation sites excluding steroid dienone is 4. The first kappa shape index (κ1) is 15.0. The Balaban J connectivity index is 1.80. The van der Waals surface area contributed by atoms with Crippen molar-refractivity contribution >= 4 is 11.6 Å². The van der Waals surface area contributed by atoms with Gasteiger partial charge in [0.2, 0.25) is 0 Å². The maximum atomic E-state index is 12.5. The predicted octanol–water partition coefficient (Wildman–Crippen LogP) is 2.82. The molecular weight excluding hydrogens is 276 g/mol. The lowest BCUT2D eigenvalue weighted by atomic mass is 10.1. The van der Waals surface area contributed by atoms with Gasteiger partial charge < -0.3 is 4.57 Å². The number of amides is 1. The number of aromatic nitrogens is 2. The SMILES string of the molecule is Cc1nc(C(=O)NN2CCCCC2)c(C)n1C1=CCCC=C1. The second-order valence-electron chi connectivity index (χ2n) is 6.03. The average Bonchev–Trinajstić information content (AvgIpc) is 2.84. The Morgan fingerprint density at radius 2 is 1.95 bits per heavy atom. The van der Waals surface area contributed by atoms with Gasteiger partial charge in [-0.2, -0.15) is 0 Å². The minimum atomic E-state index is -0.0957. The highest BCUT2D eigenvalue weighted by molar-refractivity contribution is 5.93. The number of nitrogens with one attached hydrogen (secondary N) is 1. The normalized spacial score (nSPS) is 19.1. The number of hydrogen-bond donors (Lipinski definition) is 1. The summed E-state index contributed by atoms with van der Waals surface area (Å²) in [5.74, 6) is 0.765. The van der Waals surface area contributed by atoms with Crippen LogP contribution in [0.3, 0.4) is 0 Å². The van der Waals surface area contributed by atoms with Crippen molar-refractivity contribution in [2.24, 2.45) is 0 Å². The third kappa shape index (κ3) is 2.99. The third-order valence-corrected chi connectivity index (χ3v) is 4.34. The van der Waals surface area contributed by atoms with Crippen molar-refractivity contribution < 1.29 is 4.79 Å². The van der Waals surface area contributed by atoms with Gasteiger partial charge in [0.05, 0.1) is 5.69 Å². The maximum Gasteiger partial charge on any atom is 0.286 e. The summed E-state index contributed by atoms with van der Waals surface area (Å²) >= 11 is 0. The van der Waals surface area contributed by atoms with Crippen molar-refractivity contribution in [3.63, 3.8) is 0 Å². The second kappa shape index (κ2) is 6.48. The van der Waals surface area contributed by atoms with E-state index in [2.05, 4.69) is 33.2 Å². The third-order valence-electron chi connectivity index (χ3n) is 4.34. The molecule has 1 aliphatic carbocycles. The molecule has 5 heteroatoms. The van der Waals surface area contributed by atoms with E-state index in [1.54, 1.807) is 0 Å². The minimum Gasteiger partial charge on any atom is -0.301 e. The van der Waals surface area contributed by atoms with E-state index in [-0.39, 0.29) is 5.91 Å². The molecule has 0 atom stereocenters. The summed E-state index contributed by atoms with van der Waals surface area (Å²) in [5, 5.41) is 2.01. The number of hydrazine groups is 1. The Bertz CT molecular complexity index is 621. The summed E-state index contributed by atoms with van der Waals surface area (Å²) in [6.07, 6.45) is 12.1. The number of imidazole rings is 1. The van der Waals surface area contributed by atoms with Crippen LogP contribution in [0.4, 0.5) is 0 Å². The molecule has 118 valence electrons. The van der Waals surface area contributed by atoms with E-state index in [9.17, 15) is 4.79 Å². The van der Waals surface area contributed by atoms with E-state index in [0.29, 0.717) is 5.69 Å². The smallest absolute Gasteiger partial charge is 0.286 e. The molecule has 22 heavy (non-hydrogen) atoms. The zero-order valence-electron chi connectivity index (χ0n) is 13.4. The molecule has 5 nitrogen and oxygen atoms in total. The van der Waals surface area contributed by atoms with Crippen LogP contribution in [-0.4, -0.2) is 33.6 Å². The molecule has 0 unspecified atom stereocenters. The first-order valence-electron chi connectivity index (χ1n) is 8.16. The molecule has 1 amide bonds. The summed E-state index contributed by atoms with van der Waals surface area (Å²) in [4.78, 5) is 17.0. The van der Waals surface area contributed by atoms with Crippen molar-refractivity contribution in [2.75, 3.05) is 13.1 Å². The quantitative estimate of drug-likeness (QED) is 0.934. The predicted molar refractivity (Wildman–Crippen MR) is 87.2 cm³/mol. The van der Waals surface area contributed by atoms with Crippen LogP contribution in [0.2, 0.25) is 0 Å². The molecule has 1 N–H and O–H groups in total. The van der Waals surface area contributed by atoms with Gasteiger partial charge in [-0.25, -0.2) is 9.99 Å². The molecule has 2 heterocycles. The van der Waals surface area contributed by atoms with Crippen LogP contribution >= 0.6 is 0 Å². The zero-order chi connectivity index (χ0) is 15.5. The Kier molecular flexibility index (Phi) is 4.43. The van der Waals surface area contributed by atoms with Crippen LogP contribution in [0, 0.1) is 13.8 Å². The number of carbonyl (C=O) groups excluding carboxylic acids is 1. The van der Waals surface area contributed by atoms with Gasteiger partial charge in [0, 0.05) is 18.8 Å². The lowest BCUT2D eigenvalue weighted by molar-refractivity contribution is 0.0744. The summed E-state index contributed by atoms with van der Waals surface area (Å²) in [6.45, 7) is 5.78. The van der Waals surface area contributed by atoms with Gasteiger partial charge in [-0.05, 0) is 45.6 Å². The van der Waals surface area contributed by atoms with Crippen molar-refractivity contribution in [2.45, 2.75) is 46.0 Å². The van der Waals surface area contributed by atoms with Gasteiger partial charge in [0.1, 0.15) is 5.82 Å². The monoisotopic (exact) mass is 300 g/mol. The summed E-state index contributed by atoms with van der Waals surface area (Å²) < 4.78 is 2.07. The van der Waals surface area contributed by atoms with Crippen LogP contribution in [0.1, 0.15) is 54.1 Å². The fourth-order valence-corrected chi connectivity index (χ4v) is 3.20. The van der Waals surface area contributed by atoms with Crippen molar-refractivity contribution in [1.29, 1.82) is 0 Å². The molecule has 2 aliphatic rings. The number of piperidine rings is 1. The van der Waals surface area contributed by atoms with E-state index in [0.717, 1.165) is 56.0 Å². The molecule has 0 spiro atoms. The molecule has 1 fully saturated rings. The molecule has 1 aromatic heterocycles. The highest BCUT2D eigenvalue weighted by Gasteiger charge is 2.21. The number of carbonyl (C=O) groups is 1. The molecule has 0 radical (unpaired) electrons. The van der Waals surface area contributed by atoms with Gasteiger partial charge in [0.25, 0.3) is 5.91 Å². The maximum absolute atomic E-state index is 12.5. The number of rotatable bonds is 3. The van der Waals surface area contributed by atoms with Crippen LogP contribution in [0.25, 0.3) is 5.70 Å². The molecule has 3 rings (SSSR count). The fraction of sp³-hybridized carbons (Fsp3) is 0.529. The first-order chi connectivity index (χ1) is 10.7.